The van der Waals surface area contributed by atoms with Crippen molar-refractivity contribution >= 4 is 0 Å². The van der Waals surface area contributed by atoms with Crippen molar-refractivity contribution in [3.8, 4) is 11.7 Å². The average Bonchev–Trinajstić information content (AvgIpc) is 2.99. The number of rotatable bonds is 8. The van der Waals surface area contributed by atoms with Gasteiger partial charge < -0.3 is 9.64 Å². The van der Waals surface area contributed by atoms with Crippen LogP contribution in [-0.4, -0.2) is 75.4 Å². The molecule has 7 nitrogen and oxygen atoms in total. The molecule has 1 fully saturated rings. The molecule has 1 atom stereocenters. The van der Waals surface area contributed by atoms with Crippen molar-refractivity contribution in [3.05, 3.63) is 43.0 Å². The van der Waals surface area contributed by atoms with Gasteiger partial charge in [0.1, 0.15) is 11.9 Å². The molecule has 0 N–H and O–H groups in total. The molecule has 1 aliphatic heterocycles. The first-order chi connectivity index (χ1) is 13.2. The molecule has 0 radical (unpaired) electrons. The molecule has 0 spiro atoms. The first-order valence-electron chi connectivity index (χ1n) is 9.68. The van der Waals surface area contributed by atoms with Crippen LogP contribution < -0.4 is 4.74 Å². The summed E-state index contributed by atoms with van der Waals surface area (Å²) in [7, 11) is 2.19. The Labute approximate surface area is 161 Å². The summed E-state index contributed by atoms with van der Waals surface area (Å²) in [5.74, 6) is 2.20. The Morgan fingerprint density at radius 1 is 1.22 bits per heavy atom. The number of likely N-dealkylation sites (N-methyl/N-ethyl adjacent to an activating group) is 1. The lowest BCUT2D eigenvalue weighted by atomic mass is 10.2. The molecule has 1 aliphatic rings. The van der Waals surface area contributed by atoms with Gasteiger partial charge in [-0.15, -0.1) is 16.8 Å². The molecule has 2 aromatic rings. The van der Waals surface area contributed by atoms with Crippen LogP contribution in [0.1, 0.15) is 25.1 Å². The fourth-order valence-corrected chi connectivity index (χ4v) is 3.36. The van der Waals surface area contributed by atoms with E-state index < -0.39 is 0 Å². The first kappa shape index (κ1) is 19.5. The minimum Gasteiger partial charge on any atom is -0.472 e. The molecule has 0 bridgehead atoms. The summed E-state index contributed by atoms with van der Waals surface area (Å²) in [6, 6.07) is 3.81. The van der Waals surface area contributed by atoms with E-state index in [-0.39, 0.29) is 6.10 Å². The minimum atomic E-state index is 0.0848. The van der Waals surface area contributed by atoms with E-state index in [1.165, 1.54) is 6.42 Å². The Bertz CT molecular complexity index is 714. The lowest BCUT2D eigenvalue weighted by Gasteiger charge is -2.26. The van der Waals surface area contributed by atoms with Crippen LogP contribution in [0.4, 0.5) is 0 Å². The second-order valence-corrected chi connectivity index (χ2v) is 7.14. The molecule has 7 heteroatoms. The Hall–Kier alpha value is -2.25. The second-order valence-electron chi connectivity index (χ2n) is 7.14. The van der Waals surface area contributed by atoms with E-state index in [0.717, 1.165) is 57.2 Å². The maximum atomic E-state index is 6.19. The molecule has 0 saturated carbocycles. The van der Waals surface area contributed by atoms with Crippen LogP contribution in [0.15, 0.2) is 37.2 Å². The number of ether oxygens (including phenoxy) is 1. The standard InChI is InChI=1S/C20H30N6O/c1-4-5-7-18(16-25-12-6-11-24(3)14-15-25)27-20-9-8-19(22-23-20)26-13-10-21-17(26)2/h4,8-10,13,18H,1,5-7,11-12,14-16H2,2-3H3/t18-/m1/s1. The highest BCUT2D eigenvalue weighted by atomic mass is 16.5. The zero-order valence-corrected chi connectivity index (χ0v) is 16.4. The summed E-state index contributed by atoms with van der Waals surface area (Å²) >= 11 is 0. The van der Waals surface area contributed by atoms with Crippen molar-refractivity contribution in [3.63, 3.8) is 0 Å². The number of aryl methyl sites for hydroxylation is 1. The van der Waals surface area contributed by atoms with Gasteiger partial charge in [-0.1, -0.05) is 6.08 Å². The van der Waals surface area contributed by atoms with Crippen molar-refractivity contribution in [2.75, 3.05) is 39.8 Å². The van der Waals surface area contributed by atoms with Crippen molar-refractivity contribution in [1.82, 2.24) is 29.5 Å². The monoisotopic (exact) mass is 370 g/mol. The van der Waals surface area contributed by atoms with Gasteiger partial charge >= 0.3 is 0 Å². The largest absolute Gasteiger partial charge is 0.472 e. The molecule has 0 aromatic carbocycles. The highest BCUT2D eigenvalue weighted by Crippen LogP contribution is 2.15. The first-order valence-corrected chi connectivity index (χ1v) is 9.68. The predicted molar refractivity (Wildman–Crippen MR) is 106 cm³/mol. The van der Waals surface area contributed by atoms with E-state index in [2.05, 4.69) is 38.6 Å². The van der Waals surface area contributed by atoms with Crippen LogP contribution in [0.3, 0.4) is 0 Å². The van der Waals surface area contributed by atoms with Gasteiger partial charge in [-0.25, -0.2) is 4.98 Å². The highest BCUT2D eigenvalue weighted by Gasteiger charge is 2.19. The van der Waals surface area contributed by atoms with Gasteiger partial charge in [0, 0.05) is 38.1 Å². The predicted octanol–water partition coefficient (Wildman–Crippen LogP) is 2.32. The molecule has 1 saturated heterocycles. The zero-order chi connectivity index (χ0) is 19.1. The number of nitrogens with zero attached hydrogens (tertiary/aromatic N) is 6. The van der Waals surface area contributed by atoms with Gasteiger partial charge in [0.05, 0.1) is 0 Å². The van der Waals surface area contributed by atoms with E-state index in [1.807, 2.05) is 35.9 Å². The van der Waals surface area contributed by atoms with E-state index in [9.17, 15) is 0 Å². The number of hydrogen-bond acceptors (Lipinski definition) is 6. The molecule has 0 amide bonds. The van der Waals surface area contributed by atoms with Crippen molar-refractivity contribution < 1.29 is 4.74 Å². The van der Waals surface area contributed by atoms with Crippen LogP contribution in [0.2, 0.25) is 0 Å². The number of aromatic nitrogens is 4. The lowest BCUT2D eigenvalue weighted by molar-refractivity contribution is 0.122. The average molecular weight is 371 g/mol. The van der Waals surface area contributed by atoms with Gasteiger partial charge in [0.25, 0.3) is 0 Å². The van der Waals surface area contributed by atoms with Crippen LogP contribution in [0.25, 0.3) is 5.82 Å². The number of allylic oxidation sites excluding steroid dienone is 1. The molecular weight excluding hydrogens is 340 g/mol. The summed E-state index contributed by atoms with van der Waals surface area (Å²) in [4.78, 5) is 9.11. The van der Waals surface area contributed by atoms with Crippen LogP contribution >= 0.6 is 0 Å². The van der Waals surface area contributed by atoms with E-state index in [4.69, 9.17) is 4.74 Å². The topological polar surface area (TPSA) is 59.3 Å². The van der Waals surface area contributed by atoms with Crippen molar-refractivity contribution in [1.29, 1.82) is 0 Å². The van der Waals surface area contributed by atoms with Gasteiger partial charge in [-0.05, 0) is 52.4 Å². The van der Waals surface area contributed by atoms with Gasteiger partial charge in [-0.3, -0.25) is 9.47 Å². The number of imidazole rings is 1. The summed E-state index contributed by atoms with van der Waals surface area (Å²) in [5, 5.41) is 8.57. The van der Waals surface area contributed by atoms with Gasteiger partial charge in [0.2, 0.25) is 5.88 Å². The summed E-state index contributed by atoms with van der Waals surface area (Å²) in [5.41, 5.74) is 0. The van der Waals surface area contributed by atoms with Gasteiger partial charge in [0.15, 0.2) is 5.82 Å². The van der Waals surface area contributed by atoms with E-state index >= 15 is 0 Å². The second kappa shape index (κ2) is 9.62. The Morgan fingerprint density at radius 2 is 2.11 bits per heavy atom. The molecular formula is C20H30N6O. The van der Waals surface area contributed by atoms with E-state index in [1.54, 1.807) is 6.20 Å². The quantitative estimate of drug-likeness (QED) is 0.665. The van der Waals surface area contributed by atoms with Crippen molar-refractivity contribution in [2.24, 2.45) is 0 Å². The fourth-order valence-electron chi connectivity index (χ4n) is 3.36. The summed E-state index contributed by atoms with van der Waals surface area (Å²) in [6.07, 6.45) is 8.72. The maximum Gasteiger partial charge on any atom is 0.233 e. The lowest BCUT2D eigenvalue weighted by Crippen LogP contribution is -2.38. The summed E-state index contributed by atoms with van der Waals surface area (Å²) < 4.78 is 8.09. The molecule has 146 valence electrons. The molecule has 2 aromatic heterocycles. The maximum absolute atomic E-state index is 6.19. The minimum absolute atomic E-state index is 0.0848. The normalized spacial score (nSPS) is 17.4. The third-order valence-electron chi connectivity index (χ3n) is 4.95. The third-order valence-corrected chi connectivity index (χ3v) is 4.95. The summed E-state index contributed by atoms with van der Waals surface area (Å²) in [6.45, 7) is 11.2. The van der Waals surface area contributed by atoms with Crippen LogP contribution in [-0.2, 0) is 0 Å². The Balaban J connectivity index is 1.63. The third kappa shape index (κ3) is 5.61. The molecule has 3 rings (SSSR count). The Morgan fingerprint density at radius 3 is 2.81 bits per heavy atom. The molecule has 3 heterocycles. The van der Waals surface area contributed by atoms with Crippen LogP contribution in [0.5, 0.6) is 5.88 Å². The smallest absolute Gasteiger partial charge is 0.233 e. The van der Waals surface area contributed by atoms with Crippen LogP contribution in [0, 0.1) is 6.92 Å². The highest BCUT2D eigenvalue weighted by molar-refractivity contribution is 5.25. The zero-order valence-electron chi connectivity index (χ0n) is 16.4. The number of hydrogen-bond donors (Lipinski definition) is 0. The molecule has 0 aliphatic carbocycles. The van der Waals surface area contributed by atoms with Crippen molar-refractivity contribution in [2.45, 2.75) is 32.3 Å². The molecule has 27 heavy (non-hydrogen) atoms. The fraction of sp³-hybridized carbons (Fsp3) is 0.550. The Kier molecular flexibility index (Phi) is 6.95. The van der Waals surface area contributed by atoms with E-state index in [0.29, 0.717) is 5.88 Å². The van der Waals surface area contributed by atoms with Gasteiger partial charge in [-0.2, -0.15) is 0 Å². The SMILES string of the molecule is C=CCC[C@H](CN1CCCN(C)CC1)Oc1ccc(-n2ccnc2C)nn1. The molecule has 0 unspecified atom stereocenters.